The Morgan fingerprint density at radius 3 is 2.07 bits per heavy atom. The number of carbonyl (C=O) groups excluding carboxylic acids is 1. The SMILES string of the molecule is CC(C(=O)O)c1cccc(C(=O)c2ccccc2)c1.CN(C)C(N)=NC(=N)N. The maximum atomic E-state index is 12.2. The zero-order valence-electron chi connectivity index (χ0n) is 16.1. The molecule has 0 saturated carbocycles. The summed E-state index contributed by atoms with van der Waals surface area (Å²) in [4.78, 5) is 28.2. The van der Waals surface area contributed by atoms with E-state index in [2.05, 4.69) is 4.99 Å². The first-order valence-electron chi connectivity index (χ1n) is 8.41. The van der Waals surface area contributed by atoms with Crippen molar-refractivity contribution in [1.29, 1.82) is 5.41 Å². The maximum Gasteiger partial charge on any atom is 0.310 e. The zero-order valence-corrected chi connectivity index (χ0v) is 16.1. The van der Waals surface area contributed by atoms with Gasteiger partial charge in [0.05, 0.1) is 5.92 Å². The predicted octanol–water partition coefficient (Wildman–Crippen LogP) is 1.86. The molecule has 0 fully saturated rings. The van der Waals surface area contributed by atoms with Crippen LogP contribution in [0.25, 0.3) is 0 Å². The van der Waals surface area contributed by atoms with Crippen molar-refractivity contribution in [3.63, 3.8) is 0 Å². The van der Waals surface area contributed by atoms with Crippen molar-refractivity contribution in [2.24, 2.45) is 16.5 Å². The lowest BCUT2D eigenvalue weighted by molar-refractivity contribution is -0.138. The second-order valence-electron chi connectivity index (χ2n) is 6.13. The molecule has 28 heavy (non-hydrogen) atoms. The van der Waals surface area contributed by atoms with E-state index in [-0.39, 0.29) is 17.7 Å². The monoisotopic (exact) mass is 383 g/mol. The smallest absolute Gasteiger partial charge is 0.310 e. The number of hydrogen-bond acceptors (Lipinski definition) is 3. The second-order valence-corrected chi connectivity index (χ2v) is 6.13. The fourth-order valence-electron chi connectivity index (χ4n) is 2.07. The first kappa shape index (κ1) is 22.4. The standard InChI is InChI=1S/C16H14O3.C4H11N5/c1-11(16(18)19)13-8-5-9-14(10-13)15(17)12-6-3-2-4-7-12;1-9(2)4(7)8-3(5)6/h2-11H,1H3,(H,18,19);1-2H3,(H5,5,6,7,8). The van der Waals surface area contributed by atoms with Crippen LogP contribution in [-0.4, -0.2) is 47.8 Å². The predicted molar refractivity (Wildman–Crippen MR) is 110 cm³/mol. The molecule has 0 aliphatic carbocycles. The molecule has 8 nitrogen and oxygen atoms in total. The first-order valence-corrected chi connectivity index (χ1v) is 8.41. The molecule has 1 atom stereocenters. The lowest BCUT2D eigenvalue weighted by Gasteiger charge is -2.08. The number of rotatable bonds is 4. The van der Waals surface area contributed by atoms with E-state index in [9.17, 15) is 9.59 Å². The molecule has 0 aromatic heterocycles. The molecule has 6 N–H and O–H groups in total. The van der Waals surface area contributed by atoms with E-state index in [0.717, 1.165) is 0 Å². The minimum absolute atomic E-state index is 0.0972. The summed E-state index contributed by atoms with van der Waals surface area (Å²) < 4.78 is 0. The van der Waals surface area contributed by atoms with E-state index < -0.39 is 11.9 Å². The Balaban J connectivity index is 0.000000370. The molecular weight excluding hydrogens is 358 g/mol. The van der Waals surface area contributed by atoms with Crippen molar-refractivity contribution in [2.45, 2.75) is 12.8 Å². The molecule has 8 heteroatoms. The average molecular weight is 383 g/mol. The quantitative estimate of drug-likeness (QED) is 0.360. The summed E-state index contributed by atoms with van der Waals surface area (Å²) >= 11 is 0. The van der Waals surface area contributed by atoms with Gasteiger partial charge in [0.2, 0.25) is 5.96 Å². The maximum absolute atomic E-state index is 12.2. The van der Waals surface area contributed by atoms with Gasteiger partial charge in [-0.3, -0.25) is 15.0 Å². The summed E-state index contributed by atoms with van der Waals surface area (Å²) in [5, 5.41) is 15.7. The number of ketones is 1. The number of carboxylic acids is 1. The summed E-state index contributed by atoms with van der Waals surface area (Å²) in [5.74, 6) is -1.66. The molecule has 0 aliphatic rings. The number of aliphatic imine (C=N–C) groups is 1. The van der Waals surface area contributed by atoms with Crippen molar-refractivity contribution in [3.05, 3.63) is 71.3 Å². The van der Waals surface area contributed by atoms with Gasteiger partial charge in [0.1, 0.15) is 0 Å². The zero-order chi connectivity index (χ0) is 21.3. The molecule has 0 saturated heterocycles. The Bertz CT molecular complexity index is 863. The highest BCUT2D eigenvalue weighted by Crippen LogP contribution is 2.18. The van der Waals surface area contributed by atoms with Gasteiger partial charge in [-0.05, 0) is 18.6 Å². The van der Waals surface area contributed by atoms with Crippen molar-refractivity contribution in [3.8, 4) is 0 Å². The number of benzene rings is 2. The largest absolute Gasteiger partial charge is 0.481 e. The first-order chi connectivity index (χ1) is 13.1. The van der Waals surface area contributed by atoms with Gasteiger partial charge in [-0.2, -0.15) is 4.99 Å². The van der Waals surface area contributed by atoms with Gasteiger partial charge in [-0.15, -0.1) is 0 Å². The van der Waals surface area contributed by atoms with E-state index in [1.54, 1.807) is 74.4 Å². The van der Waals surface area contributed by atoms with Crippen LogP contribution >= 0.6 is 0 Å². The van der Waals surface area contributed by atoms with Gasteiger partial charge in [0, 0.05) is 25.2 Å². The van der Waals surface area contributed by atoms with E-state index in [4.69, 9.17) is 22.0 Å². The van der Waals surface area contributed by atoms with Crippen LogP contribution in [0.2, 0.25) is 0 Å². The van der Waals surface area contributed by atoms with Gasteiger partial charge < -0.3 is 21.5 Å². The Hall–Kier alpha value is -3.68. The number of nitrogens with zero attached hydrogens (tertiary/aromatic N) is 2. The Morgan fingerprint density at radius 1 is 1.04 bits per heavy atom. The van der Waals surface area contributed by atoms with E-state index in [1.165, 1.54) is 0 Å². The average Bonchev–Trinajstić information content (AvgIpc) is 2.67. The number of aliphatic carboxylic acids is 1. The van der Waals surface area contributed by atoms with Gasteiger partial charge >= 0.3 is 5.97 Å². The topological polar surface area (TPSA) is 146 Å². The van der Waals surface area contributed by atoms with Gasteiger partial charge in [-0.1, -0.05) is 48.5 Å². The molecule has 0 heterocycles. The lowest BCUT2D eigenvalue weighted by Crippen LogP contribution is -2.32. The van der Waals surface area contributed by atoms with Crippen molar-refractivity contribution in [1.82, 2.24) is 4.90 Å². The third kappa shape index (κ3) is 6.91. The molecule has 148 valence electrons. The highest BCUT2D eigenvalue weighted by atomic mass is 16.4. The minimum atomic E-state index is -0.899. The highest BCUT2D eigenvalue weighted by Gasteiger charge is 2.16. The van der Waals surface area contributed by atoms with Crippen LogP contribution < -0.4 is 11.5 Å². The van der Waals surface area contributed by atoms with Crippen LogP contribution in [-0.2, 0) is 4.79 Å². The van der Waals surface area contributed by atoms with Gasteiger partial charge in [0.15, 0.2) is 11.7 Å². The normalized spacial score (nSPS) is 11.6. The second kappa shape index (κ2) is 10.5. The van der Waals surface area contributed by atoms with E-state index >= 15 is 0 Å². The summed E-state index contributed by atoms with van der Waals surface area (Å²) in [7, 11) is 3.45. The number of carbonyl (C=O) groups is 2. The number of carboxylic acid groups (broad SMARTS) is 1. The van der Waals surface area contributed by atoms with Crippen LogP contribution in [0.4, 0.5) is 0 Å². The van der Waals surface area contributed by atoms with Crippen LogP contribution in [0.5, 0.6) is 0 Å². The van der Waals surface area contributed by atoms with Crippen molar-refractivity contribution in [2.75, 3.05) is 14.1 Å². The van der Waals surface area contributed by atoms with Crippen LogP contribution in [0.3, 0.4) is 0 Å². The number of nitrogens with two attached hydrogens (primary N) is 2. The molecule has 2 rings (SSSR count). The third-order valence-corrected chi connectivity index (χ3v) is 3.75. The highest BCUT2D eigenvalue weighted by molar-refractivity contribution is 6.09. The molecule has 0 bridgehead atoms. The molecule has 0 spiro atoms. The minimum Gasteiger partial charge on any atom is -0.481 e. The van der Waals surface area contributed by atoms with Gasteiger partial charge in [0.25, 0.3) is 0 Å². The molecule has 0 amide bonds. The number of hydrogen-bond donors (Lipinski definition) is 4. The Labute approximate surface area is 164 Å². The molecule has 1 unspecified atom stereocenters. The lowest BCUT2D eigenvalue weighted by atomic mass is 9.96. The van der Waals surface area contributed by atoms with E-state index in [0.29, 0.717) is 16.7 Å². The Kier molecular flexibility index (Phi) is 8.36. The van der Waals surface area contributed by atoms with Gasteiger partial charge in [-0.25, -0.2) is 0 Å². The number of guanidine groups is 2. The van der Waals surface area contributed by atoms with Crippen molar-refractivity contribution < 1.29 is 14.7 Å². The summed E-state index contributed by atoms with van der Waals surface area (Å²) in [5.41, 5.74) is 11.9. The molecular formula is C20H25N5O3. The van der Waals surface area contributed by atoms with Crippen LogP contribution in [0.1, 0.15) is 34.3 Å². The van der Waals surface area contributed by atoms with Crippen molar-refractivity contribution >= 4 is 23.7 Å². The molecule has 0 aliphatic heterocycles. The third-order valence-electron chi connectivity index (χ3n) is 3.75. The fraction of sp³-hybridized carbons (Fsp3) is 0.200. The van der Waals surface area contributed by atoms with Crippen LogP contribution in [0.15, 0.2) is 59.6 Å². The summed E-state index contributed by atoms with van der Waals surface area (Å²) in [6.07, 6.45) is 0. The molecule has 2 aromatic carbocycles. The summed E-state index contributed by atoms with van der Waals surface area (Å²) in [6, 6.07) is 15.7. The fourth-order valence-corrected chi connectivity index (χ4v) is 2.07. The summed E-state index contributed by atoms with van der Waals surface area (Å²) in [6.45, 7) is 1.61. The molecule has 0 radical (unpaired) electrons. The molecule has 2 aromatic rings. The van der Waals surface area contributed by atoms with E-state index in [1.807, 2.05) is 6.07 Å². The number of nitrogens with one attached hydrogen (secondary N) is 1. The van der Waals surface area contributed by atoms with Crippen LogP contribution in [0, 0.1) is 5.41 Å². The Morgan fingerprint density at radius 2 is 1.61 bits per heavy atom.